The molecule has 1 aromatic carbocycles. The minimum atomic E-state index is -4.36. The first-order chi connectivity index (χ1) is 19.4. The first-order valence-corrected chi connectivity index (χ1v) is 14.0. The number of aromatic amines is 1. The van der Waals surface area contributed by atoms with E-state index in [1.165, 1.54) is 25.1 Å². The van der Waals surface area contributed by atoms with Crippen LogP contribution in [0.2, 0.25) is 0 Å². The zero-order chi connectivity index (χ0) is 29.9. The molecule has 3 aromatic rings. The lowest BCUT2D eigenvalue weighted by Crippen LogP contribution is -2.41. The molecular weight excluding hydrogens is 559 g/mol. The molecule has 6 N–H and O–H groups in total. The zero-order valence-electron chi connectivity index (χ0n) is 22.3. The monoisotopic (exact) mass is 588 g/mol. The van der Waals surface area contributed by atoms with Crippen LogP contribution in [-0.4, -0.2) is 68.4 Å². The van der Waals surface area contributed by atoms with Crippen molar-refractivity contribution in [2.24, 2.45) is 0 Å². The molecule has 0 spiro atoms. The molecule has 0 saturated carbocycles. The fourth-order valence-corrected chi connectivity index (χ4v) is 5.69. The van der Waals surface area contributed by atoms with Gasteiger partial charge in [-0.25, -0.2) is 4.57 Å². The predicted octanol–water partition coefficient (Wildman–Crippen LogP) is 0.873. The van der Waals surface area contributed by atoms with E-state index in [1.54, 1.807) is 32.0 Å². The van der Waals surface area contributed by atoms with Crippen molar-refractivity contribution in [1.29, 1.82) is 5.26 Å². The molecule has 1 fully saturated rings. The summed E-state index contributed by atoms with van der Waals surface area (Å²) in [6.45, 7) is 4.02. The number of nitrogens with two attached hydrogens (primary N) is 1. The molecular formula is C25H29N6O9P. The Balaban J connectivity index is 1.62. The third-order valence-corrected chi connectivity index (χ3v) is 7.75. The summed E-state index contributed by atoms with van der Waals surface area (Å²) in [6.07, 6.45) is -4.39. The normalized spacial score (nSPS) is 24.5. The summed E-state index contributed by atoms with van der Waals surface area (Å²) < 4.78 is 35.9. The van der Waals surface area contributed by atoms with Crippen LogP contribution in [0.4, 0.5) is 5.82 Å². The highest BCUT2D eigenvalue weighted by molar-refractivity contribution is 7.52. The standard InChI is InChI=1S/C25H29N6O9P/c1-13(2)38-24(35)14(3)31-41(36,40-15-7-5-4-6-8-15)37-11-18-20(32)22(33)25(12-26,39-18)21-16-9-19(27)29-23(34)17(16)10-28-30-21/h4-10,13-14,18,20,22,32-33H,11H2,1-3H3,(H,31,36)(H3,27,29,34)/t14?,18-,20-,22-,25+,41?/m1/s1. The molecule has 6 atom stereocenters. The molecule has 218 valence electrons. The number of carbonyl (C=O) groups excluding carboxylic acids is 1. The van der Waals surface area contributed by atoms with Gasteiger partial charge in [0, 0.05) is 5.39 Å². The van der Waals surface area contributed by atoms with Crippen LogP contribution in [0.25, 0.3) is 10.8 Å². The first kappa shape index (κ1) is 30.1. The molecule has 1 aliphatic rings. The fourth-order valence-electron chi connectivity index (χ4n) is 4.19. The van der Waals surface area contributed by atoms with E-state index >= 15 is 0 Å². The summed E-state index contributed by atoms with van der Waals surface area (Å²) in [5.74, 6) is -0.630. The number of benzene rings is 1. The lowest BCUT2D eigenvalue weighted by molar-refractivity contribution is -0.149. The number of nitrogen functional groups attached to an aromatic ring is 1. The zero-order valence-corrected chi connectivity index (χ0v) is 23.1. The quantitative estimate of drug-likeness (QED) is 0.163. The van der Waals surface area contributed by atoms with Gasteiger partial charge in [-0.3, -0.25) is 14.1 Å². The number of rotatable bonds is 10. The van der Waals surface area contributed by atoms with Crippen LogP contribution in [0.1, 0.15) is 26.5 Å². The number of ether oxygens (including phenoxy) is 2. The maximum absolute atomic E-state index is 13.8. The van der Waals surface area contributed by atoms with Crippen LogP contribution in [0.15, 0.2) is 47.4 Å². The minimum Gasteiger partial charge on any atom is -0.462 e. The molecule has 15 nitrogen and oxygen atoms in total. The number of aliphatic hydroxyl groups is 2. The van der Waals surface area contributed by atoms with Gasteiger partial charge in [-0.1, -0.05) is 18.2 Å². The van der Waals surface area contributed by atoms with E-state index in [9.17, 15) is 29.6 Å². The Morgan fingerprint density at radius 3 is 2.66 bits per heavy atom. The van der Waals surface area contributed by atoms with Gasteiger partial charge in [-0.05, 0) is 39.0 Å². The second kappa shape index (κ2) is 11.9. The number of pyridine rings is 1. The topological polar surface area (TPSA) is 232 Å². The van der Waals surface area contributed by atoms with Gasteiger partial charge in [0.2, 0.25) is 5.60 Å². The number of aromatic nitrogens is 3. The van der Waals surface area contributed by atoms with Gasteiger partial charge in [-0.2, -0.15) is 20.5 Å². The number of esters is 1. The van der Waals surface area contributed by atoms with Crippen LogP contribution in [-0.2, 0) is 29.0 Å². The second-order valence-corrected chi connectivity index (χ2v) is 11.2. The van der Waals surface area contributed by atoms with Crippen LogP contribution < -0.4 is 20.9 Å². The van der Waals surface area contributed by atoms with Crippen molar-refractivity contribution in [2.45, 2.75) is 56.8 Å². The van der Waals surface area contributed by atoms with Crippen molar-refractivity contribution in [2.75, 3.05) is 12.3 Å². The van der Waals surface area contributed by atoms with E-state index in [0.717, 1.165) is 6.20 Å². The van der Waals surface area contributed by atoms with Crippen molar-refractivity contribution in [3.8, 4) is 11.8 Å². The number of anilines is 1. The number of nitrogens with one attached hydrogen (secondary N) is 2. The Morgan fingerprint density at radius 2 is 2.00 bits per heavy atom. The van der Waals surface area contributed by atoms with Gasteiger partial charge in [-0.15, -0.1) is 0 Å². The van der Waals surface area contributed by atoms with Crippen molar-refractivity contribution in [1.82, 2.24) is 20.3 Å². The minimum absolute atomic E-state index is 0.0102. The highest BCUT2D eigenvalue weighted by atomic mass is 31.2. The maximum atomic E-state index is 13.8. The van der Waals surface area contributed by atoms with Gasteiger partial charge in [0.05, 0.1) is 24.3 Å². The Morgan fingerprint density at radius 1 is 1.29 bits per heavy atom. The van der Waals surface area contributed by atoms with Gasteiger partial charge in [0.15, 0.2) is 0 Å². The molecule has 16 heteroatoms. The molecule has 0 radical (unpaired) electrons. The Labute approximate surface area is 233 Å². The maximum Gasteiger partial charge on any atom is 0.459 e. The lowest BCUT2D eigenvalue weighted by atomic mass is 9.90. The van der Waals surface area contributed by atoms with Gasteiger partial charge in [0.25, 0.3) is 5.56 Å². The average molecular weight is 589 g/mol. The van der Waals surface area contributed by atoms with Crippen LogP contribution >= 0.6 is 7.75 Å². The third-order valence-electron chi connectivity index (χ3n) is 6.10. The van der Waals surface area contributed by atoms with Gasteiger partial charge >= 0.3 is 13.7 Å². The molecule has 0 bridgehead atoms. The predicted molar refractivity (Wildman–Crippen MR) is 143 cm³/mol. The Kier molecular flexibility index (Phi) is 8.74. The average Bonchev–Trinajstić information content (AvgIpc) is 3.17. The summed E-state index contributed by atoms with van der Waals surface area (Å²) in [4.78, 5) is 27.2. The summed E-state index contributed by atoms with van der Waals surface area (Å²) in [5, 5.41) is 42.2. The number of nitriles is 1. The van der Waals surface area contributed by atoms with E-state index in [0.29, 0.717) is 0 Å². The largest absolute Gasteiger partial charge is 0.462 e. The Hall–Kier alpha value is -3.90. The number of para-hydroxylation sites is 1. The molecule has 0 aliphatic carbocycles. The summed E-state index contributed by atoms with van der Waals surface area (Å²) in [7, 11) is -4.36. The summed E-state index contributed by atoms with van der Waals surface area (Å²) in [5.41, 5.74) is 2.57. The lowest BCUT2D eigenvalue weighted by Gasteiger charge is -2.25. The fraction of sp³-hybridized carbons (Fsp3) is 0.400. The molecule has 3 heterocycles. The number of hydrogen-bond donors (Lipinski definition) is 5. The van der Waals surface area contributed by atoms with E-state index < -0.39 is 61.9 Å². The first-order valence-electron chi connectivity index (χ1n) is 12.5. The number of H-pyrrole nitrogens is 1. The van der Waals surface area contributed by atoms with Crippen molar-refractivity contribution in [3.63, 3.8) is 0 Å². The second-order valence-electron chi connectivity index (χ2n) is 9.55. The van der Waals surface area contributed by atoms with Gasteiger partial charge < -0.3 is 34.9 Å². The van der Waals surface area contributed by atoms with Crippen LogP contribution in [0, 0.1) is 11.3 Å². The van der Waals surface area contributed by atoms with E-state index in [-0.39, 0.29) is 28.0 Å². The van der Waals surface area contributed by atoms with Crippen molar-refractivity contribution < 1.29 is 38.1 Å². The van der Waals surface area contributed by atoms with Crippen molar-refractivity contribution in [3.05, 3.63) is 58.6 Å². The SMILES string of the molecule is CC(C)OC(=O)C(C)NP(=O)(OC[C@H]1O[C@@](C#N)(c2nncc3c(=O)[nH]c(N)cc23)[C@H](O)[C@@H]1O)Oc1ccccc1. The molecule has 0 amide bonds. The molecule has 41 heavy (non-hydrogen) atoms. The molecule has 1 aliphatic heterocycles. The van der Waals surface area contributed by atoms with E-state index in [2.05, 4.69) is 20.3 Å². The number of hydrogen-bond acceptors (Lipinski definition) is 13. The third kappa shape index (κ3) is 6.23. The van der Waals surface area contributed by atoms with Gasteiger partial charge in [0.1, 0.15) is 47.7 Å². The number of fused-ring (bicyclic) bond motifs is 1. The molecule has 2 unspecified atom stereocenters. The molecule has 1 saturated heterocycles. The van der Waals surface area contributed by atoms with Crippen LogP contribution in [0.5, 0.6) is 5.75 Å². The van der Waals surface area contributed by atoms with E-state index in [1.807, 2.05) is 6.07 Å². The van der Waals surface area contributed by atoms with E-state index in [4.69, 9.17) is 24.3 Å². The van der Waals surface area contributed by atoms with Crippen LogP contribution in [0.3, 0.4) is 0 Å². The molecule has 2 aromatic heterocycles. The highest BCUT2D eigenvalue weighted by Crippen LogP contribution is 2.47. The highest BCUT2D eigenvalue weighted by Gasteiger charge is 2.58. The number of nitrogens with zero attached hydrogens (tertiary/aromatic N) is 3. The number of aliphatic hydroxyl groups excluding tert-OH is 2. The Bertz CT molecular complexity index is 1560. The van der Waals surface area contributed by atoms with Crippen molar-refractivity contribution >= 4 is 30.3 Å². The summed E-state index contributed by atoms with van der Waals surface area (Å²) >= 11 is 0. The smallest absolute Gasteiger partial charge is 0.459 e. The summed E-state index contributed by atoms with van der Waals surface area (Å²) in [6, 6.07) is 9.96. The molecule has 4 rings (SSSR count). The number of carbonyl (C=O) groups is 1.